The van der Waals surface area contributed by atoms with Crippen molar-refractivity contribution in [3.8, 4) is 0 Å². The van der Waals surface area contributed by atoms with Crippen molar-refractivity contribution < 1.29 is 48.0 Å². The van der Waals surface area contributed by atoms with E-state index in [4.69, 9.17) is 9.47 Å². The van der Waals surface area contributed by atoms with Gasteiger partial charge in [0.25, 0.3) is 0 Å². The molecule has 0 saturated heterocycles. The fourth-order valence-corrected chi connectivity index (χ4v) is 4.14. The summed E-state index contributed by atoms with van der Waals surface area (Å²) < 4.78 is 18.9. The van der Waals surface area contributed by atoms with Crippen LogP contribution in [0.4, 0.5) is 0 Å². The second-order valence-corrected chi connectivity index (χ2v) is 7.44. The molecule has 1 saturated carbocycles. The van der Waals surface area contributed by atoms with Crippen molar-refractivity contribution in [1.82, 2.24) is 0 Å². The summed E-state index contributed by atoms with van der Waals surface area (Å²) in [6.07, 6.45) is 2.03. The molecule has 1 aromatic rings. The van der Waals surface area contributed by atoms with Gasteiger partial charge in [0.05, 0.1) is 40.5 Å². The molecule has 0 heterocycles. The smallest absolute Gasteiger partial charge is 0.317 e. The lowest BCUT2D eigenvalue weighted by Crippen LogP contribution is -2.65. The van der Waals surface area contributed by atoms with Gasteiger partial charge in [-0.15, -0.1) is 0 Å². The Kier molecular flexibility index (Phi) is 8.47. The molecule has 5 atom stereocenters. The third-order valence-electron chi connectivity index (χ3n) is 5.74. The summed E-state index contributed by atoms with van der Waals surface area (Å²) in [5, 5.41) is 11.8. The number of hydrogen-bond donors (Lipinski definition) is 1. The molecule has 33 heavy (non-hydrogen) atoms. The zero-order valence-electron chi connectivity index (χ0n) is 18.7. The molecule has 0 aliphatic heterocycles. The van der Waals surface area contributed by atoms with Crippen molar-refractivity contribution in [3.63, 3.8) is 0 Å². The molecule has 178 valence electrons. The molecule has 1 aromatic carbocycles. The van der Waals surface area contributed by atoms with Crippen molar-refractivity contribution in [1.29, 1.82) is 0 Å². The van der Waals surface area contributed by atoms with Gasteiger partial charge in [0, 0.05) is 5.92 Å². The lowest BCUT2D eigenvalue weighted by Gasteiger charge is -2.47. The minimum Gasteiger partial charge on any atom is -0.469 e. The number of methoxy groups -OCH3 is 4. The molecule has 10 heteroatoms. The van der Waals surface area contributed by atoms with E-state index in [2.05, 4.69) is 9.47 Å². The van der Waals surface area contributed by atoms with E-state index < -0.39 is 65.4 Å². The van der Waals surface area contributed by atoms with Crippen LogP contribution in [0.5, 0.6) is 0 Å². The molecule has 1 N–H and O–H groups in total. The van der Waals surface area contributed by atoms with E-state index in [0.29, 0.717) is 5.56 Å². The van der Waals surface area contributed by atoms with E-state index in [0.717, 1.165) is 28.4 Å². The largest absolute Gasteiger partial charge is 0.469 e. The molecule has 10 nitrogen and oxygen atoms in total. The Labute approximate surface area is 190 Å². The minimum atomic E-state index is -2.43. The molecule has 0 bridgehead atoms. The van der Waals surface area contributed by atoms with Crippen LogP contribution in [0.15, 0.2) is 36.4 Å². The highest BCUT2D eigenvalue weighted by molar-refractivity contribution is 6.12. The van der Waals surface area contributed by atoms with E-state index >= 15 is 0 Å². The number of hydrogen-bond acceptors (Lipinski definition) is 10. The quantitative estimate of drug-likeness (QED) is 0.347. The molecule has 0 aromatic heterocycles. The first kappa shape index (κ1) is 25.7. The lowest BCUT2D eigenvalue weighted by atomic mass is 9.57. The third-order valence-corrected chi connectivity index (χ3v) is 5.74. The average molecular weight is 462 g/mol. The summed E-state index contributed by atoms with van der Waals surface area (Å²) in [5.74, 6) is -12.2. The van der Waals surface area contributed by atoms with E-state index in [1.807, 2.05) is 0 Å². The van der Waals surface area contributed by atoms with Crippen molar-refractivity contribution in [2.75, 3.05) is 28.4 Å². The first-order valence-electron chi connectivity index (χ1n) is 9.95. The lowest BCUT2D eigenvalue weighted by molar-refractivity contribution is -0.197. The van der Waals surface area contributed by atoms with Crippen LogP contribution in [0, 0.1) is 23.7 Å². The Balaban J connectivity index is 2.79. The number of ether oxygens (including phenoxy) is 4. The molecular weight excluding hydrogens is 436 g/mol. The van der Waals surface area contributed by atoms with E-state index in [1.54, 1.807) is 30.3 Å². The predicted molar refractivity (Wildman–Crippen MR) is 112 cm³/mol. The summed E-state index contributed by atoms with van der Waals surface area (Å²) >= 11 is 0. The van der Waals surface area contributed by atoms with Crippen molar-refractivity contribution in [3.05, 3.63) is 42.0 Å². The van der Waals surface area contributed by atoms with Crippen LogP contribution >= 0.6 is 0 Å². The first-order valence-corrected chi connectivity index (χ1v) is 9.95. The van der Waals surface area contributed by atoms with E-state index in [1.165, 1.54) is 12.2 Å². The van der Waals surface area contributed by atoms with Gasteiger partial charge in [-0.25, -0.2) is 0 Å². The molecular formula is C23H26O10. The molecule has 2 rings (SSSR count). The fraction of sp³-hybridized carbons (Fsp3) is 0.435. The van der Waals surface area contributed by atoms with Gasteiger partial charge < -0.3 is 24.1 Å². The van der Waals surface area contributed by atoms with Gasteiger partial charge in [0.2, 0.25) is 0 Å². The molecule has 1 fully saturated rings. The van der Waals surface area contributed by atoms with E-state index in [9.17, 15) is 29.1 Å². The molecule has 1 aliphatic carbocycles. The van der Waals surface area contributed by atoms with Crippen LogP contribution in [-0.2, 0) is 42.9 Å². The number of carbonyl (C=O) groups excluding carboxylic acids is 5. The van der Waals surface area contributed by atoms with Crippen LogP contribution < -0.4 is 0 Å². The SMILES string of the molecule is COC(=O)C[C@]1(O)[C@H](/C=C/c2ccccc2)[C@H](C(=O)OC)C(=O)[C@H](C(=O)OC)[C@@H]1C(=O)OC. The van der Waals surface area contributed by atoms with Crippen molar-refractivity contribution in [2.45, 2.75) is 12.0 Å². The normalized spacial score (nSPS) is 27.0. The monoisotopic (exact) mass is 462 g/mol. The first-order chi connectivity index (χ1) is 15.7. The predicted octanol–water partition coefficient (Wildman–Crippen LogP) is 0.560. The third kappa shape index (κ3) is 5.11. The molecule has 0 spiro atoms. The zero-order chi connectivity index (χ0) is 24.8. The minimum absolute atomic E-state index is 0.652. The number of esters is 4. The van der Waals surface area contributed by atoms with Crippen LogP contribution in [0.2, 0.25) is 0 Å². The summed E-state index contributed by atoms with van der Waals surface area (Å²) in [5.41, 5.74) is -1.78. The van der Waals surface area contributed by atoms with Crippen molar-refractivity contribution >= 4 is 35.7 Å². The maximum atomic E-state index is 13.4. The molecule has 0 radical (unpaired) electrons. The van der Waals surface area contributed by atoms with Crippen molar-refractivity contribution in [2.24, 2.45) is 23.7 Å². The van der Waals surface area contributed by atoms with Crippen LogP contribution in [-0.4, -0.2) is 68.8 Å². The van der Waals surface area contributed by atoms with Gasteiger partial charge >= 0.3 is 23.9 Å². The highest BCUT2D eigenvalue weighted by atomic mass is 16.5. The Morgan fingerprint density at radius 2 is 1.42 bits per heavy atom. The highest BCUT2D eigenvalue weighted by Gasteiger charge is 2.65. The maximum Gasteiger partial charge on any atom is 0.317 e. The Morgan fingerprint density at radius 1 is 0.879 bits per heavy atom. The number of ketones is 1. The topological polar surface area (TPSA) is 142 Å². The summed E-state index contributed by atoms with van der Waals surface area (Å²) in [4.78, 5) is 63.6. The number of aliphatic hydroxyl groups is 1. The summed E-state index contributed by atoms with van der Waals surface area (Å²) in [6.45, 7) is 0. The Bertz CT molecular complexity index is 938. The molecule has 0 unspecified atom stereocenters. The second-order valence-electron chi connectivity index (χ2n) is 7.44. The molecule has 1 aliphatic rings. The zero-order valence-corrected chi connectivity index (χ0v) is 18.7. The maximum absolute atomic E-state index is 13.4. The average Bonchev–Trinajstić information content (AvgIpc) is 2.82. The molecule has 0 amide bonds. The number of Topliss-reactive ketones (excluding diaryl/α,β-unsaturated/α-hetero) is 1. The standard InChI is InChI=1S/C23H26O10/c1-30-15(24)12-23(29)14(11-10-13-8-6-5-7-9-13)16(20(26)31-2)19(25)17(21(27)32-3)18(23)22(28)33-4/h5-11,14,16-18,29H,12H2,1-4H3/b11-10+/t14-,16+,17-,18-,23+/m1/s1. The van der Waals surface area contributed by atoms with E-state index in [-0.39, 0.29) is 0 Å². The summed E-state index contributed by atoms with van der Waals surface area (Å²) in [6, 6.07) is 8.72. The van der Waals surface area contributed by atoms with Crippen LogP contribution in [0.3, 0.4) is 0 Å². The highest BCUT2D eigenvalue weighted by Crippen LogP contribution is 2.48. The Morgan fingerprint density at radius 3 is 1.94 bits per heavy atom. The van der Waals surface area contributed by atoms with Gasteiger partial charge in [-0.2, -0.15) is 0 Å². The van der Waals surface area contributed by atoms with Gasteiger partial charge in [0.15, 0.2) is 5.78 Å². The van der Waals surface area contributed by atoms with Crippen LogP contribution in [0.1, 0.15) is 12.0 Å². The number of rotatable bonds is 7. The number of carbonyl (C=O) groups is 5. The van der Waals surface area contributed by atoms with Gasteiger partial charge in [-0.05, 0) is 5.56 Å². The van der Waals surface area contributed by atoms with Crippen LogP contribution in [0.25, 0.3) is 6.08 Å². The van der Waals surface area contributed by atoms with Gasteiger partial charge in [-0.3, -0.25) is 24.0 Å². The Hall–Kier alpha value is -3.53. The number of benzene rings is 1. The summed E-state index contributed by atoms with van der Waals surface area (Å²) in [7, 11) is 4.09. The van der Waals surface area contributed by atoms with Gasteiger partial charge in [-0.1, -0.05) is 42.5 Å². The second kappa shape index (κ2) is 10.9. The fourth-order valence-electron chi connectivity index (χ4n) is 4.14. The van der Waals surface area contributed by atoms with Gasteiger partial charge in [0.1, 0.15) is 17.8 Å².